The Morgan fingerprint density at radius 3 is 2.23 bits per heavy atom. The molecule has 0 aromatic heterocycles. The first-order valence-corrected chi connectivity index (χ1v) is 13.5. The summed E-state index contributed by atoms with van der Waals surface area (Å²) in [6.45, 7) is 3.35. The number of carbonyl (C=O) groups excluding carboxylic acids is 1. The van der Waals surface area contributed by atoms with Crippen LogP contribution in [-0.2, 0) is 18.0 Å². The van der Waals surface area contributed by atoms with Gasteiger partial charge in [0.15, 0.2) is 16.7 Å². The largest absolute Gasteiger partial charge is 0.490 e. The Kier molecular flexibility index (Phi) is 8.61. The van der Waals surface area contributed by atoms with Gasteiger partial charge in [-0.2, -0.15) is 0 Å². The quantitative estimate of drug-likeness (QED) is 0.218. The van der Waals surface area contributed by atoms with Crippen LogP contribution < -0.4 is 19.5 Å². The van der Waals surface area contributed by atoms with Gasteiger partial charge >= 0.3 is 0 Å². The number of rotatable bonds is 10. The predicted molar refractivity (Wildman–Crippen MR) is 156 cm³/mol. The smallest absolute Gasteiger partial charge is 0.264 e. The summed E-state index contributed by atoms with van der Waals surface area (Å²) in [5.74, 6) is 1.97. The third kappa shape index (κ3) is 7.30. The number of ether oxygens (including phenoxy) is 3. The number of thioether (sulfide) groups is 1. The van der Waals surface area contributed by atoms with Gasteiger partial charge < -0.3 is 19.5 Å². The average molecular weight is 537 g/mol. The van der Waals surface area contributed by atoms with E-state index in [1.807, 2.05) is 116 Å². The van der Waals surface area contributed by atoms with Gasteiger partial charge in [0, 0.05) is 0 Å². The number of nitrogens with zero attached hydrogens (tertiary/aromatic N) is 1. The number of hydrogen-bond donors (Lipinski definition) is 1. The maximum Gasteiger partial charge on any atom is 0.264 e. The third-order valence-corrected chi connectivity index (χ3v) is 6.68. The summed E-state index contributed by atoms with van der Waals surface area (Å²) >= 11 is 1.33. The van der Waals surface area contributed by atoms with Crippen molar-refractivity contribution < 1.29 is 19.0 Å². The van der Waals surface area contributed by atoms with E-state index < -0.39 is 0 Å². The zero-order valence-electron chi connectivity index (χ0n) is 21.5. The van der Waals surface area contributed by atoms with Gasteiger partial charge in [0.1, 0.15) is 19.0 Å². The van der Waals surface area contributed by atoms with Crippen LogP contribution in [0.2, 0.25) is 0 Å². The van der Waals surface area contributed by atoms with Crippen LogP contribution in [-0.4, -0.2) is 17.7 Å². The summed E-state index contributed by atoms with van der Waals surface area (Å²) in [5, 5.41) is 3.39. The molecule has 1 heterocycles. The predicted octanol–water partition coefficient (Wildman–Crippen LogP) is 7.13. The summed E-state index contributed by atoms with van der Waals surface area (Å²) in [7, 11) is 0. The topological polar surface area (TPSA) is 69.2 Å². The van der Waals surface area contributed by atoms with Crippen LogP contribution in [0, 0.1) is 0 Å². The molecule has 1 aliphatic rings. The molecule has 0 atom stereocenters. The second-order valence-electron chi connectivity index (χ2n) is 8.66. The first kappa shape index (κ1) is 26.1. The highest BCUT2D eigenvalue weighted by Gasteiger charge is 2.23. The Labute approximate surface area is 232 Å². The van der Waals surface area contributed by atoms with Crippen LogP contribution in [0.3, 0.4) is 0 Å². The standard InChI is InChI=1S/C32H28N2O4S/c1-2-36-29-19-25(15-18-28(29)38-21-24-9-5-3-6-10-24)22-37-27-16-13-23(14-17-27)20-30-31(35)34-32(39-30)33-26-11-7-4-8-12-26/h3-20H,2,21-22H2,1H3,(H,33,34,35)/b30-20+. The summed E-state index contributed by atoms with van der Waals surface area (Å²) in [6.07, 6.45) is 1.85. The minimum absolute atomic E-state index is 0.156. The number of aliphatic imine (C=N–C) groups is 1. The van der Waals surface area contributed by atoms with E-state index >= 15 is 0 Å². The number of para-hydroxylation sites is 1. The lowest BCUT2D eigenvalue weighted by Crippen LogP contribution is -2.19. The van der Waals surface area contributed by atoms with Crippen LogP contribution in [0.15, 0.2) is 113 Å². The number of benzene rings is 4. The van der Waals surface area contributed by atoms with Crippen molar-refractivity contribution in [3.8, 4) is 17.2 Å². The van der Waals surface area contributed by atoms with E-state index in [1.165, 1.54) is 11.8 Å². The first-order chi connectivity index (χ1) is 19.2. The van der Waals surface area contributed by atoms with Gasteiger partial charge in [0.2, 0.25) is 0 Å². The molecule has 0 unspecified atom stereocenters. The highest BCUT2D eigenvalue weighted by molar-refractivity contribution is 8.18. The van der Waals surface area contributed by atoms with Gasteiger partial charge in [-0.05, 0) is 77.9 Å². The van der Waals surface area contributed by atoms with Crippen molar-refractivity contribution in [2.45, 2.75) is 20.1 Å². The maximum absolute atomic E-state index is 12.4. The van der Waals surface area contributed by atoms with Crippen molar-refractivity contribution in [1.82, 2.24) is 5.32 Å². The van der Waals surface area contributed by atoms with Gasteiger partial charge in [-0.25, -0.2) is 4.99 Å². The number of carbonyl (C=O) groups is 1. The molecular weight excluding hydrogens is 508 g/mol. The van der Waals surface area contributed by atoms with Crippen LogP contribution in [0.5, 0.6) is 17.2 Å². The molecule has 1 fully saturated rings. The SMILES string of the molecule is CCOc1cc(COc2ccc(/C=C3/SC(=Nc4ccccc4)NC3=O)cc2)ccc1OCc1ccccc1. The van der Waals surface area contributed by atoms with Gasteiger partial charge in [-0.1, -0.05) is 66.7 Å². The monoisotopic (exact) mass is 536 g/mol. The van der Waals surface area contributed by atoms with E-state index in [0.29, 0.717) is 41.4 Å². The second kappa shape index (κ2) is 12.8. The Bertz CT molecular complexity index is 1470. The molecule has 39 heavy (non-hydrogen) atoms. The van der Waals surface area contributed by atoms with E-state index in [2.05, 4.69) is 10.3 Å². The molecule has 0 saturated carbocycles. The van der Waals surface area contributed by atoms with Crippen LogP contribution in [0.4, 0.5) is 5.69 Å². The van der Waals surface area contributed by atoms with E-state index in [4.69, 9.17) is 14.2 Å². The Balaban J connectivity index is 1.19. The molecule has 6 nitrogen and oxygen atoms in total. The normalized spacial score (nSPS) is 14.8. The van der Waals surface area contributed by atoms with E-state index in [9.17, 15) is 4.79 Å². The molecule has 1 amide bonds. The Morgan fingerprint density at radius 1 is 0.769 bits per heavy atom. The second-order valence-corrected chi connectivity index (χ2v) is 9.69. The number of hydrogen-bond acceptors (Lipinski definition) is 6. The molecule has 1 N–H and O–H groups in total. The van der Waals surface area contributed by atoms with Crippen molar-refractivity contribution in [2.75, 3.05) is 6.61 Å². The summed E-state index contributed by atoms with van der Waals surface area (Å²) < 4.78 is 17.8. The van der Waals surface area contributed by atoms with Crippen LogP contribution in [0.1, 0.15) is 23.6 Å². The fraction of sp³-hybridized carbons (Fsp3) is 0.125. The minimum atomic E-state index is -0.156. The van der Waals surface area contributed by atoms with E-state index in [0.717, 1.165) is 28.1 Å². The molecule has 0 bridgehead atoms. The highest BCUT2D eigenvalue weighted by atomic mass is 32.2. The van der Waals surface area contributed by atoms with Crippen molar-refractivity contribution in [3.05, 3.63) is 125 Å². The lowest BCUT2D eigenvalue weighted by Gasteiger charge is -2.14. The molecule has 0 aliphatic carbocycles. The van der Waals surface area contributed by atoms with Crippen LogP contribution in [0.25, 0.3) is 6.08 Å². The van der Waals surface area contributed by atoms with Crippen molar-refractivity contribution in [1.29, 1.82) is 0 Å². The fourth-order valence-electron chi connectivity index (χ4n) is 3.84. The molecule has 1 aliphatic heterocycles. The van der Waals surface area contributed by atoms with Gasteiger partial charge in [-0.3, -0.25) is 4.79 Å². The van der Waals surface area contributed by atoms with Gasteiger partial charge in [0.05, 0.1) is 17.2 Å². The van der Waals surface area contributed by atoms with Crippen molar-refractivity contribution in [2.24, 2.45) is 4.99 Å². The zero-order chi connectivity index (χ0) is 26.9. The number of amidine groups is 1. The molecule has 5 rings (SSSR count). The van der Waals surface area contributed by atoms with Crippen molar-refractivity contribution in [3.63, 3.8) is 0 Å². The van der Waals surface area contributed by atoms with Gasteiger partial charge in [-0.15, -0.1) is 0 Å². The summed E-state index contributed by atoms with van der Waals surface area (Å²) in [5.41, 5.74) is 3.77. The van der Waals surface area contributed by atoms with E-state index in [-0.39, 0.29) is 5.91 Å². The minimum Gasteiger partial charge on any atom is -0.490 e. The number of nitrogens with one attached hydrogen (secondary N) is 1. The van der Waals surface area contributed by atoms with E-state index in [1.54, 1.807) is 0 Å². The molecule has 4 aromatic rings. The summed E-state index contributed by atoms with van der Waals surface area (Å²) in [4.78, 5) is 17.5. The molecule has 1 saturated heterocycles. The lowest BCUT2D eigenvalue weighted by molar-refractivity contribution is -0.115. The molecule has 0 spiro atoms. The molecule has 4 aromatic carbocycles. The molecule has 0 radical (unpaired) electrons. The Hall–Kier alpha value is -4.49. The molecule has 7 heteroatoms. The van der Waals surface area contributed by atoms with Crippen molar-refractivity contribution >= 4 is 34.6 Å². The average Bonchev–Trinajstić information content (AvgIpc) is 3.31. The molecule has 196 valence electrons. The van der Waals surface area contributed by atoms with Crippen LogP contribution >= 0.6 is 11.8 Å². The third-order valence-electron chi connectivity index (χ3n) is 5.77. The summed E-state index contributed by atoms with van der Waals surface area (Å²) in [6, 6.07) is 33.1. The van der Waals surface area contributed by atoms with Gasteiger partial charge in [0.25, 0.3) is 5.91 Å². The lowest BCUT2D eigenvalue weighted by atomic mass is 10.2. The fourth-order valence-corrected chi connectivity index (χ4v) is 4.69. The maximum atomic E-state index is 12.4. The Morgan fingerprint density at radius 2 is 1.49 bits per heavy atom. The zero-order valence-corrected chi connectivity index (χ0v) is 22.3. The highest BCUT2D eigenvalue weighted by Crippen LogP contribution is 2.31. The first-order valence-electron chi connectivity index (χ1n) is 12.7. The molecular formula is C32H28N2O4S. The number of amides is 1.